The van der Waals surface area contributed by atoms with Gasteiger partial charge in [-0.15, -0.1) is 0 Å². The van der Waals surface area contributed by atoms with E-state index in [1.54, 1.807) is 0 Å². The predicted molar refractivity (Wildman–Crippen MR) is 17.9 cm³/mol. The first-order valence-electron chi connectivity index (χ1n) is 0.333. The predicted octanol–water partition coefficient (Wildman–Crippen LogP) is -0.314. The van der Waals surface area contributed by atoms with E-state index in [1.807, 2.05) is 0 Å². The molecule has 0 spiro atoms. The van der Waals surface area contributed by atoms with Gasteiger partial charge in [0, 0.05) is 48.2 Å². The van der Waals surface area contributed by atoms with Gasteiger partial charge in [-0.25, -0.2) is 0 Å². The maximum Gasteiger partial charge on any atom is 0 e. The molecular formula is CH3B2Y-. The van der Waals surface area contributed by atoms with Crippen molar-refractivity contribution in [3.05, 3.63) is 7.43 Å². The molecule has 0 aliphatic carbocycles. The van der Waals surface area contributed by atoms with Crippen molar-refractivity contribution in [1.29, 1.82) is 0 Å². The molecule has 0 heterocycles. The van der Waals surface area contributed by atoms with Crippen molar-refractivity contribution < 1.29 is 32.7 Å². The molecule has 0 saturated carbocycles. The van der Waals surface area contributed by atoms with Crippen LogP contribution in [0.15, 0.2) is 0 Å². The van der Waals surface area contributed by atoms with Gasteiger partial charge < -0.3 is 7.43 Å². The first-order valence-corrected chi connectivity index (χ1v) is 0.333. The van der Waals surface area contributed by atoms with Crippen molar-refractivity contribution in [2.45, 2.75) is 0 Å². The van der Waals surface area contributed by atoms with Crippen molar-refractivity contribution in [1.82, 2.24) is 0 Å². The third-order valence-corrected chi connectivity index (χ3v) is 0. The van der Waals surface area contributed by atoms with E-state index in [1.165, 1.54) is 0 Å². The van der Waals surface area contributed by atoms with Gasteiger partial charge in [0.2, 0.25) is 0 Å². The van der Waals surface area contributed by atoms with Gasteiger partial charge in [-0.05, 0) is 0 Å². The van der Waals surface area contributed by atoms with E-state index >= 15 is 0 Å². The number of rotatable bonds is 0. The first-order chi connectivity index (χ1) is 1.00. The molecular weight excluding hydrogens is 123 g/mol. The molecule has 0 nitrogen and oxygen atoms in total. The second kappa shape index (κ2) is 29.1. The Morgan fingerprint density at radius 3 is 1.00 bits per heavy atom. The Labute approximate surface area is 55.4 Å². The molecule has 0 atom stereocenters. The fourth-order valence-corrected chi connectivity index (χ4v) is 0. The van der Waals surface area contributed by atoms with Gasteiger partial charge in [-0.3, -0.25) is 0 Å². The third kappa shape index (κ3) is 10.6. The summed E-state index contributed by atoms with van der Waals surface area (Å²) in [5, 5.41) is 0. The first kappa shape index (κ1) is 18.8. The summed E-state index contributed by atoms with van der Waals surface area (Å²) in [7, 11) is 8.00. The van der Waals surface area contributed by atoms with Crippen LogP contribution in [0.25, 0.3) is 0 Å². The van der Waals surface area contributed by atoms with Crippen LogP contribution < -0.4 is 0 Å². The van der Waals surface area contributed by atoms with Crippen molar-refractivity contribution in [3.8, 4) is 0 Å². The molecule has 0 bridgehead atoms. The van der Waals surface area contributed by atoms with E-state index in [4.69, 9.17) is 0 Å². The SMILES string of the molecule is [B][B].[CH3-].[Y]. The van der Waals surface area contributed by atoms with Gasteiger partial charge in [-0.2, -0.15) is 0 Å². The zero-order valence-corrected chi connectivity index (χ0v) is 5.57. The molecule has 0 aromatic heterocycles. The summed E-state index contributed by atoms with van der Waals surface area (Å²) in [5.41, 5.74) is 0. The van der Waals surface area contributed by atoms with Crippen LogP contribution in [0.3, 0.4) is 0 Å². The smallest absolute Gasteiger partial charge is 0 e. The van der Waals surface area contributed by atoms with Crippen LogP contribution in [-0.2, 0) is 32.7 Å². The van der Waals surface area contributed by atoms with Gasteiger partial charge >= 0.3 is 0 Å². The number of hydrogen-bond donors (Lipinski definition) is 0. The van der Waals surface area contributed by atoms with Crippen LogP contribution in [-0.4, -0.2) is 15.5 Å². The van der Waals surface area contributed by atoms with Gasteiger partial charge in [0.1, 0.15) is 0 Å². The zero-order valence-electron chi connectivity index (χ0n) is 2.73. The molecule has 0 N–H and O–H groups in total. The van der Waals surface area contributed by atoms with Gasteiger partial charge in [-0.1, -0.05) is 0 Å². The molecule has 3 heteroatoms. The van der Waals surface area contributed by atoms with E-state index in [0.29, 0.717) is 0 Å². The Morgan fingerprint density at radius 2 is 1.00 bits per heavy atom. The molecule has 0 unspecified atom stereocenters. The van der Waals surface area contributed by atoms with Crippen LogP contribution in [0.4, 0.5) is 0 Å². The summed E-state index contributed by atoms with van der Waals surface area (Å²) in [6, 6.07) is 0. The van der Waals surface area contributed by atoms with E-state index in [9.17, 15) is 0 Å². The Balaban J connectivity index is -0.00000000500. The second-order valence-corrected chi connectivity index (χ2v) is 0. The Hall–Kier alpha value is 1.23. The summed E-state index contributed by atoms with van der Waals surface area (Å²) in [4.78, 5) is 0. The van der Waals surface area contributed by atoms with E-state index in [0.717, 1.165) is 0 Å². The van der Waals surface area contributed by atoms with Crippen LogP contribution in [0, 0.1) is 7.43 Å². The van der Waals surface area contributed by atoms with Crippen LogP contribution in [0.2, 0.25) is 0 Å². The Kier molecular flexibility index (Phi) is 137. The normalized spacial score (nSPS) is 1.00. The molecule has 0 aromatic rings. The summed E-state index contributed by atoms with van der Waals surface area (Å²) < 4.78 is 0. The van der Waals surface area contributed by atoms with Crippen molar-refractivity contribution >= 4 is 15.5 Å². The van der Waals surface area contributed by atoms with E-state index < -0.39 is 0 Å². The quantitative estimate of drug-likeness (QED) is 0.308. The molecule has 0 amide bonds. The minimum absolute atomic E-state index is 0. The summed E-state index contributed by atoms with van der Waals surface area (Å²) in [6.07, 6.45) is 0. The maximum absolute atomic E-state index is 4.00. The standard InChI is InChI=1S/CH3.B2.Y/c;1-2;/h1H3;;/q-1;;. The zero-order chi connectivity index (χ0) is 2.00. The minimum Gasteiger partial charge on any atom is -0.358 e. The van der Waals surface area contributed by atoms with E-state index in [-0.39, 0.29) is 40.1 Å². The number of hydrogen-bond acceptors (Lipinski definition) is 0. The molecule has 17 valence electrons. The summed E-state index contributed by atoms with van der Waals surface area (Å²) in [6.45, 7) is 0. The largest absolute Gasteiger partial charge is 0.358 e. The third-order valence-electron chi connectivity index (χ3n) is 0. The van der Waals surface area contributed by atoms with Crippen molar-refractivity contribution in [2.24, 2.45) is 0 Å². The second-order valence-electron chi connectivity index (χ2n) is 0. The Morgan fingerprint density at radius 1 is 1.00 bits per heavy atom. The average molecular weight is 126 g/mol. The summed E-state index contributed by atoms with van der Waals surface area (Å²) >= 11 is 0. The van der Waals surface area contributed by atoms with Gasteiger partial charge in [0.15, 0.2) is 0 Å². The molecule has 0 aromatic carbocycles. The van der Waals surface area contributed by atoms with Crippen LogP contribution in [0.5, 0.6) is 0 Å². The monoisotopic (exact) mass is 126 g/mol. The van der Waals surface area contributed by atoms with Crippen molar-refractivity contribution in [3.63, 3.8) is 0 Å². The van der Waals surface area contributed by atoms with Gasteiger partial charge in [0.05, 0.1) is 0 Å². The summed E-state index contributed by atoms with van der Waals surface area (Å²) in [5.74, 6) is 0. The minimum atomic E-state index is 0. The topological polar surface area (TPSA) is 0 Å². The van der Waals surface area contributed by atoms with Gasteiger partial charge in [0.25, 0.3) is 0 Å². The molecule has 0 aliphatic rings. The molecule has 5 radical (unpaired) electrons. The molecule has 0 aliphatic heterocycles. The average Bonchev–Trinajstić information content (AvgIpc) is 1.00. The van der Waals surface area contributed by atoms with Crippen molar-refractivity contribution in [2.75, 3.05) is 0 Å². The molecule has 0 rings (SSSR count). The van der Waals surface area contributed by atoms with E-state index in [2.05, 4.69) is 15.5 Å². The molecule has 0 fully saturated rings. The molecule has 0 saturated heterocycles. The fraction of sp³-hybridized carbons (Fsp3) is 0. The van der Waals surface area contributed by atoms with Crippen LogP contribution >= 0.6 is 0 Å². The van der Waals surface area contributed by atoms with Crippen LogP contribution in [0.1, 0.15) is 0 Å². The molecule has 4 heavy (non-hydrogen) atoms. The maximum atomic E-state index is 4.00. The Bertz CT molecular complexity index is 6.00. The fourth-order valence-electron chi connectivity index (χ4n) is 0.